The van der Waals surface area contributed by atoms with Crippen molar-refractivity contribution < 1.29 is 22.8 Å². The van der Waals surface area contributed by atoms with E-state index < -0.39 is 33.8 Å². The maximum absolute atomic E-state index is 13.3. The minimum atomic E-state index is -3.96. The largest absolute Gasteiger partial charge is 0.344 e. The van der Waals surface area contributed by atoms with Crippen LogP contribution in [0.25, 0.3) is 10.1 Å². The average molecular weight is 557 g/mol. The van der Waals surface area contributed by atoms with Gasteiger partial charge in [-0.25, -0.2) is 13.4 Å². The van der Waals surface area contributed by atoms with Gasteiger partial charge in [0, 0.05) is 17.4 Å². The summed E-state index contributed by atoms with van der Waals surface area (Å²) in [5, 5.41) is 6.48. The van der Waals surface area contributed by atoms with Crippen molar-refractivity contribution >= 4 is 49.0 Å². The number of benzene rings is 1. The summed E-state index contributed by atoms with van der Waals surface area (Å²) in [5.74, 6) is -1.29. The highest BCUT2D eigenvalue weighted by atomic mass is 32.2. The van der Waals surface area contributed by atoms with Gasteiger partial charge < -0.3 is 10.6 Å². The molecule has 3 heterocycles. The first-order valence-corrected chi connectivity index (χ1v) is 14.8. The maximum Gasteiger partial charge on any atom is 0.262 e. The quantitative estimate of drug-likeness (QED) is 0.439. The minimum absolute atomic E-state index is 0.108. The third-order valence-electron chi connectivity index (χ3n) is 6.41. The highest BCUT2D eigenvalue weighted by molar-refractivity contribution is 7.89. The van der Waals surface area contributed by atoms with E-state index in [1.54, 1.807) is 18.2 Å². The monoisotopic (exact) mass is 556 g/mol. The Morgan fingerprint density at radius 2 is 1.89 bits per heavy atom. The molecule has 1 aliphatic rings. The number of sulfonamides is 1. The van der Waals surface area contributed by atoms with Crippen LogP contribution >= 0.6 is 11.3 Å². The second kappa shape index (κ2) is 11.7. The van der Waals surface area contributed by atoms with Gasteiger partial charge in [0.2, 0.25) is 5.91 Å². The number of Topliss-reactive ketones (excluding diaryl/α,β-unsaturated/α-hetero) is 1. The molecule has 2 N–H and O–H groups in total. The minimum Gasteiger partial charge on any atom is -0.344 e. The number of hydrogen-bond acceptors (Lipinski definition) is 7. The van der Waals surface area contributed by atoms with Gasteiger partial charge in [0.15, 0.2) is 10.8 Å². The third kappa shape index (κ3) is 6.46. The van der Waals surface area contributed by atoms with Crippen molar-refractivity contribution in [2.45, 2.75) is 50.7 Å². The molecule has 38 heavy (non-hydrogen) atoms. The van der Waals surface area contributed by atoms with Crippen molar-refractivity contribution in [2.75, 3.05) is 13.1 Å². The summed E-state index contributed by atoms with van der Waals surface area (Å²) in [5.41, 5.74) is 0. The van der Waals surface area contributed by atoms with Crippen molar-refractivity contribution in [2.24, 2.45) is 11.8 Å². The Bertz CT molecular complexity index is 1390. The number of amides is 2. The molecule has 3 atom stereocenters. The number of carbonyl (C=O) groups excluding carboxylic acids is 3. The number of nitrogens with one attached hydrogen (secondary N) is 2. The van der Waals surface area contributed by atoms with Crippen LogP contribution in [0, 0.1) is 11.8 Å². The van der Waals surface area contributed by atoms with E-state index in [0.717, 1.165) is 14.4 Å². The predicted molar refractivity (Wildman–Crippen MR) is 146 cm³/mol. The molecule has 11 heteroatoms. The highest BCUT2D eigenvalue weighted by Gasteiger charge is 2.37. The molecule has 2 unspecified atom stereocenters. The lowest BCUT2D eigenvalue weighted by Gasteiger charge is -2.23. The number of pyridine rings is 1. The van der Waals surface area contributed by atoms with Crippen LogP contribution in [0.15, 0.2) is 59.8 Å². The number of aromatic nitrogens is 1. The topological polar surface area (TPSA) is 126 Å². The molecule has 0 bridgehead atoms. The fourth-order valence-electron chi connectivity index (χ4n) is 4.56. The first kappa shape index (κ1) is 27.9. The molecule has 4 rings (SSSR count). The third-order valence-corrected chi connectivity index (χ3v) is 9.25. The number of thiophene rings is 1. The summed E-state index contributed by atoms with van der Waals surface area (Å²) in [4.78, 5) is 44.0. The second-order valence-electron chi connectivity index (χ2n) is 10.1. The molecular weight excluding hydrogens is 524 g/mol. The average Bonchev–Trinajstić information content (AvgIpc) is 3.26. The van der Waals surface area contributed by atoms with Crippen LogP contribution in [0.3, 0.4) is 0 Å². The lowest BCUT2D eigenvalue weighted by molar-refractivity contribution is -0.129. The molecule has 9 nitrogen and oxygen atoms in total. The second-order valence-corrected chi connectivity index (χ2v) is 13.1. The fourth-order valence-corrected chi connectivity index (χ4v) is 6.98. The Kier molecular flexibility index (Phi) is 8.59. The summed E-state index contributed by atoms with van der Waals surface area (Å²) in [6, 6.07) is 12.4. The van der Waals surface area contributed by atoms with Crippen LogP contribution in [-0.4, -0.2) is 60.5 Å². The molecule has 1 saturated heterocycles. The van der Waals surface area contributed by atoms with Gasteiger partial charge in [-0.05, 0) is 54.3 Å². The van der Waals surface area contributed by atoms with Crippen molar-refractivity contribution in [1.29, 1.82) is 0 Å². The summed E-state index contributed by atoms with van der Waals surface area (Å²) in [6.07, 6.45) is 2.07. The molecule has 0 spiro atoms. The van der Waals surface area contributed by atoms with Gasteiger partial charge in [0.1, 0.15) is 6.04 Å². The number of rotatable bonds is 8. The van der Waals surface area contributed by atoms with Crippen LogP contribution in [-0.2, 0) is 19.6 Å². The van der Waals surface area contributed by atoms with Crippen molar-refractivity contribution in [1.82, 2.24) is 19.9 Å². The summed E-state index contributed by atoms with van der Waals surface area (Å²) < 4.78 is 28.3. The van der Waals surface area contributed by atoms with Crippen LogP contribution < -0.4 is 10.6 Å². The van der Waals surface area contributed by atoms with E-state index in [-0.39, 0.29) is 42.3 Å². The van der Waals surface area contributed by atoms with E-state index in [1.165, 1.54) is 23.6 Å². The zero-order chi connectivity index (χ0) is 27.4. The highest BCUT2D eigenvalue weighted by Crippen LogP contribution is 2.26. The Morgan fingerprint density at radius 3 is 2.58 bits per heavy atom. The van der Waals surface area contributed by atoms with E-state index >= 15 is 0 Å². The molecule has 0 radical (unpaired) electrons. The molecular formula is C27H32N4O5S2. The number of hydrogen-bond donors (Lipinski definition) is 2. The zero-order valence-electron chi connectivity index (χ0n) is 21.6. The van der Waals surface area contributed by atoms with Crippen LogP contribution in [0.4, 0.5) is 0 Å². The number of ketones is 1. The molecule has 2 aromatic heterocycles. The van der Waals surface area contributed by atoms with Crippen LogP contribution in [0.2, 0.25) is 0 Å². The standard InChI is InChI=1S/C27H32N4O5S2/c1-17(2)12-21(30-27(34)24-14-19-8-4-5-9-23(19)37-24)26(33)29-20-13-18(3)15-31(16-22(20)32)38(35,36)25-10-6-7-11-28-25/h4-11,14,17-18,20-21H,12-13,15-16H2,1-3H3,(H,29,33)(H,30,34)/t18?,20-,21?/m0/s1. The summed E-state index contributed by atoms with van der Waals surface area (Å²) in [6.45, 7) is 5.51. The van der Waals surface area contributed by atoms with E-state index in [9.17, 15) is 22.8 Å². The molecule has 3 aromatic rings. The van der Waals surface area contributed by atoms with E-state index in [0.29, 0.717) is 11.3 Å². The van der Waals surface area contributed by atoms with E-state index in [1.807, 2.05) is 45.0 Å². The van der Waals surface area contributed by atoms with Crippen LogP contribution in [0.1, 0.15) is 43.3 Å². The van der Waals surface area contributed by atoms with E-state index in [2.05, 4.69) is 15.6 Å². The molecule has 1 fully saturated rings. The Hall–Kier alpha value is -3.15. The predicted octanol–water partition coefficient (Wildman–Crippen LogP) is 3.23. The van der Waals surface area contributed by atoms with Crippen molar-refractivity contribution in [3.05, 3.63) is 59.6 Å². The first-order chi connectivity index (χ1) is 18.0. The lowest BCUT2D eigenvalue weighted by Crippen LogP contribution is -2.52. The maximum atomic E-state index is 13.3. The molecule has 2 amide bonds. The summed E-state index contributed by atoms with van der Waals surface area (Å²) in [7, 11) is -3.96. The van der Waals surface area contributed by atoms with E-state index in [4.69, 9.17) is 0 Å². The van der Waals surface area contributed by atoms with Gasteiger partial charge in [0.25, 0.3) is 15.9 Å². The molecule has 1 aliphatic heterocycles. The SMILES string of the molecule is CC(C)CC(NC(=O)c1cc2ccccc2s1)C(=O)N[C@H]1CC(C)CN(S(=O)(=O)c2ccccn2)CC1=O. The fraction of sp³-hybridized carbons (Fsp3) is 0.407. The number of fused-ring (bicyclic) bond motifs is 1. The van der Waals surface area contributed by atoms with Gasteiger partial charge >= 0.3 is 0 Å². The van der Waals surface area contributed by atoms with Crippen molar-refractivity contribution in [3.63, 3.8) is 0 Å². The summed E-state index contributed by atoms with van der Waals surface area (Å²) >= 11 is 1.35. The molecule has 202 valence electrons. The van der Waals surface area contributed by atoms with Crippen LogP contribution in [0.5, 0.6) is 0 Å². The van der Waals surface area contributed by atoms with Crippen molar-refractivity contribution in [3.8, 4) is 0 Å². The molecule has 0 saturated carbocycles. The van der Waals surface area contributed by atoms with Gasteiger partial charge in [-0.15, -0.1) is 11.3 Å². The normalized spacial score (nSPS) is 19.7. The molecule has 0 aliphatic carbocycles. The Balaban J connectivity index is 1.47. The van der Waals surface area contributed by atoms with Gasteiger partial charge in [-0.1, -0.05) is 45.0 Å². The lowest BCUT2D eigenvalue weighted by atomic mass is 9.98. The van der Waals surface area contributed by atoms with Gasteiger partial charge in [-0.2, -0.15) is 4.31 Å². The smallest absolute Gasteiger partial charge is 0.262 e. The molecule has 1 aromatic carbocycles. The number of nitrogens with zero attached hydrogens (tertiary/aromatic N) is 2. The Morgan fingerprint density at radius 1 is 1.16 bits per heavy atom. The first-order valence-electron chi connectivity index (χ1n) is 12.6. The Labute approximate surface area is 226 Å². The van der Waals surface area contributed by atoms with Gasteiger partial charge in [-0.3, -0.25) is 14.4 Å². The number of carbonyl (C=O) groups is 3. The zero-order valence-corrected chi connectivity index (χ0v) is 23.2. The van der Waals surface area contributed by atoms with Gasteiger partial charge in [0.05, 0.1) is 17.5 Å².